The first-order valence-electron chi connectivity index (χ1n) is 4.20. The average molecular weight is 176 g/mol. The smallest absolute Gasteiger partial charge is 0.107 e. The van der Waals surface area contributed by atoms with Gasteiger partial charge in [0.1, 0.15) is 6.23 Å². The van der Waals surface area contributed by atoms with Crippen LogP contribution in [-0.2, 0) is 4.74 Å². The van der Waals surface area contributed by atoms with Crippen molar-refractivity contribution in [1.82, 2.24) is 5.32 Å². The Kier molecular flexibility index (Phi) is 8.81. The Balaban J connectivity index is 3.02. The van der Waals surface area contributed by atoms with E-state index in [1.165, 1.54) is 0 Å². The molecule has 73 valence electrons. The monoisotopic (exact) mass is 176 g/mol. The minimum absolute atomic E-state index is 0.0385. The molecular formula is C8H18NO3. The molecule has 0 saturated heterocycles. The second kappa shape index (κ2) is 8.93. The van der Waals surface area contributed by atoms with Crippen molar-refractivity contribution < 1.29 is 14.9 Å². The zero-order valence-corrected chi connectivity index (χ0v) is 7.33. The summed E-state index contributed by atoms with van der Waals surface area (Å²) in [4.78, 5) is 0. The number of aliphatic hydroxyl groups is 2. The van der Waals surface area contributed by atoms with Gasteiger partial charge in [0.2, 0.25) is 0 Å². The Morgan fingerprint density at radius 1 is 1.42 bits per heavy atom. The van der Waals surface area contributed by atoms with E-state index < -0.39 is 6.23 Å². The van der Waals surface area contributed by atoms with Crippen molar-refractivity contribution in [3.05, 3.63) is 6.92 Å². The number of nitrogens with one attached hydrogen (secondary N) is 1. The van der Waals surface area contributed by atoms with Gasteiger partial charge >= 0.3 is 0 Å². The summed E-state index contributed by atoms with van der Waals surface area (Å²) < 4.78 is 5.11. The Morgan fingerprint density at radius 2 is 2.17 bits per heavy atom. The molecule has 0 aliphatic rings. The van der Waals surface area contributed by atoms with Gasteiger partial charge in [-0.15, -0.1) is 0 Å². The Hall–Kier alpha value is -0.160. The summed E-state index contributed by atoms with van der Waals surface area (Å²) >= 11 is 0. The SMILES string of the molecule is [CH2]CCOCCC(O)NCCO. The van der Waals surface area contributed by atoms with Crippen LogP contribution < -0.4 is 5.32 Å². The van der Waals surface area contributed by atoms with E-state index in [2.05, 4.69) is 12.2 Å². The van der Waals surface area contributed by atoms with Crippen LogP contribution in [0.2, 0.25) is 0 Å². The third-order valence-corrected chi connectivity index (χ3v) is 1.32. The largest absolute Gasteiger partial charge is 0.395 e. The van der Waals surface area contributed by atoms with Crippen molar-refractivity contribution in [3.8, 4) is 0 Å². The van der Waals surface area contributed by atoms with Crippen LogP contribution >= 0.6 is 0 Å². The summed E-state index contributed by atoms with van der Waals surface area (Å²) in [6.07, 6.45) is 0.710. The molecule has 0 rings (SSSR count). The van der Waals surface area contributed by atoms with E-state index in [1.54, 1.807) is 0 Å². The lowest BCUT2D eigenvalue weighted by molar-refractivity contribution is 0.0643. The molecule has 4 heteroatoms. The first-order chi connectivity index (χ1) is 5.81. The molecule has 0 spiro atoms. The van der Waals surface area contributed by atoms with Crippen LogP contribution in [0.5, 0.6) is 0 Å². The van der Waals surface area contributed by atoms with Crippen molar-refractivity contribution in [1.29, 1.82) is 0 Å². The maximum atomic E-state index is 9.16. The highest BCUT2D eigenvalue weighted by atomic mass is 16.5. The fourth-order valence-electron chi connectivity index (χ4n) is 0.732. The molecule has 0 fully saturated rings. The third-order valence-electron chi connectivity index (χ3n) is 1.32. The predicted octanol–water partition coefficient (Wildman–Crippen LogP) is -0.482. The number of rotatable bonds is 8. The van der Waals surface area contributed by atoms with Crippen molar-refractivity contribution in [2.45, 2.75) is 19.1 Å². The Labute approximate surface area is 73.5 Å². The molecule has 1 unspecified atom stereocenters. The topological polar surface area (TPSA) is 61.7 Å². The van der Waals surface area contributed by atoms with E-state index >= 15 is 0 Å². The maximum Gasteiger partial charge on any atom is 0.107 e. The van der Waals surface area contributed by atoms with E-state index in [9.17, 15) is 0 Å². The number of hydrogen-bond acceptors (Lipinski definition) is 4. The number of ether oxygens (including phenoxy) is 1. The molecule has 3 N–H and O–H groups in total. The molecule has 1 radical (unpaired) electrons. The lowest BCUT2D eigenvalue weighted by Gasteiger charge is -2.11. The summed E-state index contributed by atoms with van der Waals surface area (Å²) in [5.74, 6) is 0. The van der Waals surface area contributed by atoms with Crippen LogP contribution in [0.4, 0.5) is 0 Å². The molecule has 0 saturated carbocycles. The van der Waals surface area contributed by atoms with E-state index in [0.29, 0.717) is 26.2 Å². The first kappa shape index (κ1) is 11.8. The van der Waals surface area contributed by atoms with E-state index in [-0.39, 0.29) is 6.61 Å². The second-order valence-corrected chi connectivity index (χ2v) is 2.45. The zero-order chi connectivity index (χ0) is 9.23. The molecule has 0 amide bonds. The highest BCUT2D eigenvalue weighted by molar-refractivity contribution is 4.51. The van der Waals surface area contributed by atoms with Crippen LogP contribution in [0, 0.1) is 6.92 Å². The molecule has 0 aromatic carbocycles. The predicted molar refractivity (Wildman–Crippen MR) is 46.5 cm³/mol. The van der Waals surface area contributed by atoms with E-state index in [4.69, 9.17) is 14.9 Å². The number of hydrogen-bond donors (Lipinski definition) is 3. The minimum Gasteiger partial charge on any atom is -0.395 e. The lowest BCUT2D eigenvalue weighted by Crippen LogP contribution is -2.32. The van der Waals surface area contributed by atoms with E-state index in [0.717, 1.165) is 6.42 Å². The summed E-state index contributed by atoms with van der Waals surface area (Å²) in [6, 6.07) is 0. The van der Waals surface area contributed by atoms with Gasteiger partial charge in [-0.25, -0.2) is 0 Å². The molecule has 0 heterocycles. The molecule has 4 nitrogen and oxygen atoms in total. The fourth-order valence-corrected chi connectivity index (χ4v) is 0.732. The standard InChI is InChI=1S/C8H18NO3/c1-2-6-12-7-3-8(11)9-4-5-10/h8-11H,1-7H2. The molecule has 0 aliphatic carbocycles. The second-order valence-electron chi connectivity index (χ2n) is 2.45. The van der Waals surface area contributed by atoms with Crippen molar-refractivity contribution >= 4 is 0 Å². The van der Waals surface area contributed by atoms with Gasteiger partial charge in [-0.1, -0.05) is 6.92 Å². The normalized spacial score (nSPS) is 13.2. The van der Waals surface area contributed by atoms with E-state index in [1.807, 2.05) is 0 Å². The molecule has 12 heavy (non-hydrogen) atoms. The number of aliphatic hydroxyl groups excluding tert-OH is 2. The Morgan fingerprint density at radius 3 is 2.75 bits per heavy atom. The van der Waals surface area contributed by atoms with Crippen molar-refractivity contribution in [3.63, 3.8) is 0 Å². The molecular weight excluding hydrogens is 158 g/mol. The van der Waals surface area contributed by atoms with Gasteiger partial charge in [0.25, 0.3) is 0 Å². The quantitative estimate of drug-likeness (QED) is 0.345. The van der Waals surface area contributed by atoms with Crippen LogP contribution in [0.3, 0.4) is 0 Å². The fraction of sp³-hybridized carbons (Fsp3) is 0.875. The van der Waals surface area contributed by atoms with Gasteiger partial charge in [0.15, 0.2) is 0 Å². The summed E-state index contributed by atoms with van der Waals surface area (Å²) in [5, 5.41) is 20.3. The first-order valence-corrected chi connectivity index (χ1v) is 4.20. The molecule has 1 atom stereocenters. The van der Waals surface area contributed by atoms with Gasteiger partial charge in [-0.05, 0) is 6.42 Å². The Bertz CT molecular complexity index is 90.4. The minimum atomic E-state index is -0.582. The highest BCUT2D eigenvalue weighted by Crippen LogP contribution is 1.89. The summed E-state index contributed by atoms with van der Waals surface area (Å²) in [6.45, 7) is 5.22. The van der Waals surface area contributed by atoms with Crippen LogP contribution in [0.25, 0.3) is 0 Å². The molecule has 0 bridgehead atoms. The summed E-state index contributed by atoms with van der Waals surface area (Å²) in [5.41, 5.74) is 0. The third kappa shape index (κ3) is 7.94. The maximum absolute atomic E-state index is 9.16. The van der Waals surface area contributed by atoms with Gasteiger partial charge in [-0.2, -0.15) is 0 Å². The summed E-state index contributed by atoms with van der Waals surface area (Å²) in [7, 11) is 0. The molecule has 0 aromatic rings. The van der Waals surface area contributed by atoms with Crippen LogP contribution in [-0.4, -0.2) is 42.8 Å². The van der Waals surface area contributed by atoms with Crippen molar-refractivity contribution in [2.24, 2.45) is 0 Å². The highest BCUT2D eigenvalue weighted by Gasteiger charge is 2.00. The average Bonchev–Trinajstić information content (AvgIpc) is 2.09. The lowest BCUT2D eigenvalue weighted by atomic mass is 10.4. The van der Waals surface area contributed by atoms with Gasteiger partial charge in [0.05, 0.1) is 13.2 Å². The molecule has 0 aromatic heterocycles. The van der Waals surface area contributed by atoms with Gasteiger partial charge in [-0.3, -0.25) is 5.32 Å². The molecule has 0 aliphatic heterocycles. The van der Waals surface area contributed by atoms with Gasteiger partial charge < -0.3 is 14.9 Å². The van der Waals surface area contributed by atoms with Crippen LogP contribution in [0.15, 0.2) is 0 Å². The van der Waals surface area contributed by atoms with Gasteiger partial charge in [0, 0.05) is 19.6 Å². The van der Waals surface area contributed by atoms with Crippen LogP contribution in [0.1, 0.15) is 12.8 Å². The zero-order valence-electron chi connectivity index (χ0n) is 7.33. The van der Waals surface area contributed by atoms with Crippen molar-refractivity contribution in [2.75, 3.05) is 26.4 Å².